The minimum absolute atomic E-state index is 0.0336. The number of hydrogen-bond donors (Lipinski definition) is 1. The predicted octanol–water partition coefficient (Wildman–Crippen LogP) is 2.51. The summed E-state index contributed by atoms with van der Waals surface area (Å²) < 4.78 is 39.7. The smallest absolute Gasteiger partial charge is 0.475 e. The average Bonchev–Trinajstić information content (AvgIpc) is 3.01. The molecule has 0 aliphatic carbocycles. The van der Waals surface area contributed by atoms with Crippen molar-refractivity contribution in [2.24, 2.45) is 0 Å². The van der Waals surface area contributed by atoms with E-state index in [9.17, 15) is 18.0 Å². The number of carbonyl (C=O) groups is 2. The molecule has 0 fully saturated rings. The number of halogens is 3. The number of pyridine rings is 1. The van der Waals surface area contributed by atoms with E-state index in [-0.39, 0.29) is 12.0 Å². The molecule has 1 N–H and O–H groups in total. The number of amides is 1. The van der Waals surface area contributed by atoms with E-state index in [2.05, 4.69) is 15.6 Å². The molecule has 1 aliphatic rings. The van der Waals surface area contributed by atoms with Crippen molar-refractivity contribution in [3.63, 3.8) is 0 Å². The highest BCUT2D eigenvalue weighted by Gasteiger charge is 2.38. The van der Waals surface area contributed by atoms with Crippen molar-refractivity contribution in [1.29, 1.82) is 0 Å². The average molecular weight is 413 g/mol. The summed E-state index contributed by atoms with van der Waals surface area (Å²) in [7, 11) is 0. The molecule has 0 saturated heterocycles. The number of aliphatic carboxylic acids is 1. The van der Waals surface area contributed by atoms with E-state index in [0.717, 1.165) is 17.9 Å². The van der Waals surface area contributed by atoms with Gasteiger partial charge < -0.3 is 19.3 Å². The predicted molar refractivity (Wildman–Crippen MR) is 96.9 cm³/mol. The Bertz CT molecular complexity index is 809. The number of hydrogen-bond acceptors (Lipinski definition) is 4. The lowest BCUT2D eigenvalue weighted by atomic mass is 10.2. The second-order valence-corrected chi connectivity index (χ2v) is 6.30. The summed E-state index contributed by atoms with van der Waals surface area (Å²) in [6.45, 7) is 4.69. The van der Waals surface area contributed by atoms with Gasteiger partial charge in [0, 0.05) is 36.9 Å². The van der Waals surface area contributed by atoms with Crippen LogP contribution >= 0.6 is 0 Å². The summed E-state index contributed by atoms with van der Waals surface area (Å²) in [6.07, 6.45) is -0.945. The van der Waals surface area contributed by atoms with E-state index in [0.29, 0.717) is 26.1 Å². The number of alkyl halides is 3. The van der Waals surface area contributed by atoms with E-state index < -0.39 is 12.1 Å². The first-order valence-corrected chi connectivity index (χ1v) is 8.94. The van der Waals surface area contributed by atoms with E-state index in [4.69, 9.17) is 14.6 Å². The SMILES string of the molecule is CCOC1CN(C(=O)Cc2ccccn2)Cc2cccn2C1.O=C(O)C(F)(F)F. The van der Waals surface area contributed by atoms with Gasteiger partial charge in [-0.2, -0.15) is 13.2 Å². The van der Waals surface area contributed by atoms with E-state index >= 15 is 0 Å². The topological polar surface area (TPSA) is 84.7 Å². The third-order valence-corrected chi connectivity index (χ3v) is 4.16. The fourth-order valence-corrected chi connectivity index (χ4v) is 2.85. The number of aromatic nitrogens is 2. The lowest BCUT2D eigenvalue weighted by molar-refractivity contribution is -0.192. The number of rotatable bonds is 4. The van der Waals surface area contributed by atoms with Crippen LogP contribution in [0, 0.1) is 0 Å². The van der Waals surface area contributed by atoms with Crippen molar-refractivity contribution in [2.45, 2.75) is 38.7 Å². The zero-order valence-electron chi connectivity index (χ0n) is 15.8. The Kier molecular flexibility index (Phi) is 7.77. The van der Waals surface area contributed by atoms with Crippen molar-refractivity contribution in [3.05, 3.63) is 54.1 Å². The van der Waals surface area contributed by atoms with Crippen LogP contribution in [0.15, 0.2) is 42.7 Å². The van der Waals surface area contributed by atoms with Crippen LogP contribution < -0.4 is 0 Å². The van der Waals surface area contributed by atoms with Gasteiger partial charge >= 0.3 is 12.1 Å². The van der Waals surface area contributed by atoms with Gasteiger partial charge in [0.25, 0.3) is 0 Å². The monoisotopic (exact) mass is 413 g/mol. The van der Waals surface area contributed by atoms with Gasteiger partial charge in [-0.05, 0) is 31.2 Å². The number of fused-ring (bicyclic) bond motifs is 1. The van der Waals surface area contributed by atoms with E-state index in [1.807, 2.05) is 42.3 Å². The molecule has 1 atom stereocenters. The number of nitrogens with zero attached hydrogens (tertiary/aromatic N) is 3. The molecule has 7 nitrogen and oxygen atoms in total. The van der Waals surface area contributed by atoms with Crippen LogP contribution in [-0.4, -0.2) is 56.9 Å². The number of ether oxygens (including phenoxy) is 1. The number of carboxylic acid groups (broad SMARTS) is 1. The maximum Gasteiger partial charge on any atom is 0.490 e. The van der Waals surface area contributed by atoms with Gasteiger partial charge in [0.1, 0.15) is 0 Å². The second-order valence-electron chi connectivity index (χ2n) is 6.30. The summed E-state index contributed by atoms with van der Waals surface area (Å²) in [6, 6.07) is 9.74. The second kappa shape index (κ2) is 10.1. The fourth-order valence-electron chi connectivity index (χ4n) is 2.85. The normalized spacial score (nSPS) is 16.3. The minimum Gasteiger partial charge on any atom is -0.475 e. The zero-order chi connectivity index (χ0) is 21.4. The molecule has 0 saturated carbocycles. The van der Waals surface area contributed by atoms with Gasteiger partial charge in [-0.1, -0.05) is 6.07 Å². The Morgan fingerprint density at radius 1 is 1.24 bits per heavy atom. The lowest BCUT2D eigenvalue weighted by Crippen LogP contribution is -2.38. The van der Waals surface area contributed by atoms with Crippen LogP contribution in [0.3, 0.4) is 0 Å². The summed E-state index contributed by atoms with van der Waals surface area (Å²) in [4.78, 5) is 27.6. The van der Waals surface area contributed by atoms with Gasteiger partial charge in [-0.15, -0.1) is 0 Å². The molecule has 2 aromatic rings. The molecular formula is C19H22F3N3O4. The molecule has 2 aromatic heterocycles. The molecule has 158 valence electrons. The Hall–Kier alpha value is -2.88. The molecule has 1 amide bonds. The molecule has 10 heteroatoms. The highest BCUT2D eigenvalue weighted by atomic mass is 19.4. The molecule has 1 aliphatic heterocycles. The lowest BCUT2D eigenvalue weighted by Gasteiger charge is -2.24. The Balaban J connectivity index is 0.000000370. The van der Waals surface area contributed by atoms with Crippen LogP contribution in [-0.2, 0) is 33.8 Å². The van der Waals surface area contributed by atoms with E-state index in [1.165, 1.54) is 0 Å². The Morgan fingerprint density at radius 3 is 2.55 bits per heavy atom. The van der Waals surface area contributed by atoms with E-state index in [1.54, 1.807) is 6.20 Å². The van der Waals surface area contributed by atoms with Crippen molar-refractivity contribution in [3.8, 4) is 0 Å². The van der Waals surface area contributed by atoms with Crippen LogP contribution in [0.4, 0.5) is 13.2 Å². The van der Waals surface area contributed by atoms with Crippen molar-refractivity contribution < 1.29 is 32.6 Å². The zero-order valence-corrected chi connectivity index (χ0v) is 15.8. The highest BCUT2D eigenvalue weighted by molar-refractivity contribution is 5.78. The summed E-state index contributed by atoms with van der Waals surface area (Å²) in [5.41, 5.74) is 1.96. The van der Waals surface area contributed by atoms with Gasteiger partial charge in [-0.3, -0.25) is 9.78 Å². The largest absolute Gasteiger partial charge is 0.490 e. The Morgan fingerprint density at radius 2 is 1.97 bits per heavy atom. The molecule has 1 unspecified atom stereocenters. The summed E-state index contributed by atoms with van der Waals surface area (Å²) in [5.74, 6) is -2.66. The van der Waals surface area contributed by atoms with Crippen LogP contribution in [0.25, 0.3) is 0 Å². The Labute approximate surface area is 165 Å². The molecule has 0 bridgehead atoms. The molecule has 0 aromatic carbocycles. The first-order chi connectivity index (χ1) is 13.7. The first kappa shape index (κ1) is 22.4. The maximum absolute atomic E-state index is 12.6. The fraction of sp³-hybridized carbons (Fsp3) is 0.421. The standard InChI is InChI=1S/C17H21N3O2.C2HF3O2/c1-2-22-16-12-19-9-5-7-15(19)11-20(13-16)17(21)10-14-6-3-4-8-18-14;3-2(4,5)1(6)7/h3-9,16H,2,10-13H2,1H3;(H,6,7). The molecule has 3 rings (SSSR count). The summed E-state index contributed by atoms with van der Waals surface area (Å²) in [5, 5.41) is 7.12. The van der Waals surface area contributed by atoms with Gasteiger partial charge in [0.15, 0.2) is 0 Å². The van der Waals surface area contributed by atoms with Crippen molar-refractivity contribution in [2.75, 3.05) is 13.2 Å². The van der Waals surface area contributed by atoms with Gasteiger partial charge in [0.2, 0.25) is 5.91 Å². The maximum atomic E-state index is 12.6. The molecule has 3 heterocycles. The molecule has 0 spiro atoms. The van der Waals surface area contributed by atoms with Crippen molar-refractivity contribution >= 4 is 11.9 Å². The molecule has 0 radical (unpaired) electrons. The number of carboxylic acids is 1. The van der Waals surface area contributed by atoms with Gasteiger partial charge in [0.05, 0.1) is 25.6 Å². The quantitative estimate of drug-likeness (QED) is 0.833. The first-order valence-electron chi connectivity index (χ1n) is 8.94. The third-order valence-electron chi connectivity index (χ3n) is 4.16. The summed E-state index contributed by atoms with van der Waals surface area (Å²) >= 11 is 0. The van der Waals surface area contributed by atoms with Crippen LogP contribution in [0.1, 0.15) is 18.3 Å². The third kappa shape index (κ3) is 6.90. The van der Waals surface area contributed by atoms with Crippen LogP contribution in [0.5, 0.6) is 0 Å². The molecule has 29 heavy (non-hydrogen) atoms. The van der Waals surface area contributed by atoms with Crippen molar-refractivity contribution in [1.82, 2.24) is 14.5 Å². The molecular weight excluding hydrogens is 391 g/mol. The van der Waals surface area contributed by atoms with Crippen LogP contribution in [0.2, 0.25) is 0 Å². The number of carbonyl (C=O) groups excluding carboxylic acids is 1. The minimum atomic E-state index is -5.08. The highest BCUT2D eigenvalue weighted by Crippen LogP contribution is 2.16. The van der Waals surface area contributed by atoms with Gasteiger partial charge in [-0.25, -0.2) is 4.79 Å².